The van der Waals surface area contributed by atoms with Gasteiger partial charge in [-0.25, -0.2) is 0 Å². The van der Waals surface area contributed by atoms with Gasteiger partial charge >= 0.3 is 0 Å². The first-order chi connectivity index (χ1) is 6.72. The van der Waals surface area contributed by atoms with Crippen LogP contribution < -0.4 is 11.3 Å². The highest BCUT2D eigenvalue weighted by molar-refractivity contribution is 14.1. The first-order valence-corrected chi connectivity index (χ1v) is 6.09. The SMILES string of the molecule is NNC(c1cc(Cl)ccc1I)C1CC1. The van der Waals surface area contributed by atoms with Crippen LogP contribution in [0.2, 0.25) is 5.02 Å². The number of hydrogen-bond donors (Lipinski definition) is 2. The van der Waals surface area contributed by atoms with Crippen molar-refractivity contribution in [3.05, 3.63) is 32.4 Å². The summed E-state index contributed by atoms with van der Waals surface area (Å²) in [5, 5.41) is 0.779. The number of hydrazine groups is 1. The van der Waals surface area contributed by atoms with Crippen LogP contribution in [0.15, 0.2) is 18.2 Å². The first kappa shape index (κ1) is 10.7. The topological polar surface area (TPSA) is 38.0 Å². The van der Waals surface area contributed by atoms with Crippen LogP contribution in [-0.2, 0) is 0 Å². The van der Waals surface area contributed by atoms with Crippen molar-refractivity contribution < 1.29 is 0 Å². The molecule has 0 amide bonds. The molecular weight excluding hydrogens is 310 g/mol. The number of nitrogens with one attached hydrogen (secondary N) is 1. The summed E-state index contributed by atoms with van der Waals surface area (Å²) in [7, 11) is 0. The molecule has 14 heavy (non-hydrogen) atoms. The fourth-order valence-corrected chi connectivity index (χ4v) is 2.51. The van der Waals surface area contributed by atoms with Crippen molar-refractivity contribution in [1.29, 1.82) is 0 Å². The minimum atomic E-state index is 0.264. The van der Waals surface area contributed by atoms with E-state index < -0.39 is 0 Å². The van der Waals surface area contributed by atoms with Crippen LogP contribution in [0.1, 0.15) is 24.4 Å². The summed E-state index contributed by atoms with van der Waals surface area (Å²) in [5.41, 5.74) is 4.11. The Morgan fingerprint density at radius 1 is 1.50 bits per heavy atom. The molecule has 2 rings (SSSR count). The van der Waals surface area contributed by atoms with Crippen LogP contribution in [0, 0.1) is 9.49 Å². The average molecular weight is 323 g/mol. The van der Waals surface area contributed by atoms with Crippen LogP contribution >= 0.6 is 34.2 Å². The number of halogens is 2. The molecule has 1 aliphatic rings. The van der Waals surface area contributed by atoms with Crippen molar-refractivity contribution in [2.75, 3.05) is 0 Å². The third kappa shape index (κ3) is 2.21. The summed E-state index contributed by atoms with van der Waals surface area (Å²) in [4.78, 5) is 0. The molecule has 0 aliphatic heterocycles. The number of nitrogens with two attached hydrogens (primary N) is 1. The maximum Gasteiger partial charge on any atom is 0.0499 e. The monoisotopic (exact) mass is 322 g/mol. The summed E-state index contributed by atoms with van der Waals surface area (Å²) in [6, 6.07) is 6.21. The van der Waals surface area contributed by atoms with E-state index in [0.717, 1.165) is 5.02 Å². The van der Waals surface area contributed by atoms with Gasteiger partial charge in [-0.2, -0.15) is 0 Å². The van der Waals surface area contributed by atoms with Gasteiger partial charge in [-0.1, -0.05) is 11.6 Å². The normalized spacial score (nSPS) is 18.2. The lowest BCUT2D eigenvalue weighted by molar-refractivity contribution is 0.495. The minimum Gasteiger partial charge on any atom is -0.271 e. The Kier molecular flexibility index (Phi) is 3.31. The first-order valence-electron chi connectivity index (χ1n) is 4.63. The van der Waals surface area contributed by atoms with Gasteiger partial charge in [-0.15, -0.1) is 0 Å². The standard InChI is InChI=1S/C10H12ClIN2/c11-7-3-4-9(12)8(5-7)10(14-13)6-1-2-6/h3-6,10,14H,1-2,13H2. The Morgan fingerprint density at radius 2 is 2.21 bits per heavy atom. The smallest absolute Gasteiger partial charge is 0.0499 e. The molecule has 4 heteroatoms. The predicted octanol–water partition coefficient (Wildman–Crippen LogP) is 2.86. The molecule has 0 spiro atoms. The number of rotatable bonds is 3. The van der Waals surface area contributed by atoms with E-state index in [1.54, 1.807) is 0 Å². The molecule has 0 radical (unpaired) electrons. The van der Waals surface area contributed by atoms with E-state index in [9.17, 15) is 0 Å². The van der Waals surface area contributed by atoms with E-state index >= 15 is 0 Å². The van der Waals surface area contributed by atoms with Gasteiger partial charge in [0.05, 0.1) is 0 Å². The van der Waals surface area contributed by atoms with Gasteiger partial charge < -0.3 is 0 Å². The Bertz CT molecular complexity index is 339. The Balaban J connectivity index is 2.32. The maximum absolute atomic E-state index is 5.97. The third-order valence-corrected chi connectivity index (χ3v) is 3.78. The molecule has 1 saturated carbocycles. The van der Waals surface area contributed by atoms with Crippen molar-refractivity contribution >= 4 is 34.2 Å². The molecule has 0 aromatic heterocycles. The van der Waals surface area contributed by atoms with E-state index in [1.807, 2.05) is 18.2 Å². The lowest BCUT2D eigenvalue weighted by atomic mass is 10.0. The Labute approximate surface area is 102 Å². The van der Waals surface area contributed by atoms with E-state index in [4.69, 9.17) is 17.4 Å². The van der Waals surface area contributed by atoms with E-state index in [1.165, 1.54) is 22.0 Å². The number of benzene rings is 1. The maximum atomic E-state index is 5.97. The summed E-state index contributed by atoms with van der Waals surface area (Å²) in [6.07, 6.45) is 2.52. The summed E-state index contributed by atoms with van der Waals surface area (Å²) in [6.45, 7) is 0. The summed E-state index contributed by atoms with van der Waals surface area (Å²) >= 11 is 8.29. The zero-order chi connectivity index (χ0) is 10.1. The van der Waals surface area contributed by atoms with Gasteiger partial charge in [0.1, 0.15) is 0 Å². The quantitative estimate of drug-likeness (QED) is 0.510. The third-order valence-electron chi connectivity index (χ3n) is 2.57. The molecule has 1 atom stereocenters. The molecule has 0 heterocycles. The Morgan fingerprint density at radius 3 is 2.79 bits per heavy atom. The molecule has 2 nitrogen and oxygen atoms in total. The number of hydrogen-bond acceptors (Lipinski definition) is 2. The lowest BCUT2D eigenvalue weighted by Crippen LogP contribution is -2.30. The van der Waals surface area contributed by atoms with Gasteiger partial charge in [-0.3, -0.25) is 11.3 Å². The second-order valence-electron chi connectivity index (χ2n) is 3.65. The van der Waals surface area contributed by atoms with Crippen LogP contribution in [0.5, 0.6) is 0 Å². The molecule has 1 aromatic carbocycles. The van der Waals surface area contributed by atoms with Gasteiger partial charge in [-0.05, 0) is 65.1 Å². The lowest BCUT2D eigenvalue weighted by Gasteiger charge is -2.17. The molecule has 1 aromatic rings. The highest BCUT2D eigenvalue weighted by Gasteiger charge is 2.32. The molecule has 1 fully saturated rings. The van der Waals surface area contributed by atoms with Gasteiger partial charge in [0.15, 0.2) is 0 Å². The average Bonchev–Trinajstić information content (AvgIpc) is 2.96. The van der Waals surface area contributed by atoms with Crippen molar-refractivity contribution in [2.45, 2.75) is 18.9 Å². The van der Waals surface area contributed by atoms with Gasteiger partial charge in [0, 0.05) is 14.6 Å². The zero-order valence-corrected chi connectivity index (χ0v) is 10.5. The largest absolute Gasteiger partial charge is 0.271 e. The summed E-state index contributed by atoms with van der Waals surface area (Å²) in [5.74, 6) is 6.26. The van der Waals surface area contributed by atoms with Crippen molar-refractivity contribution in [2.24, 2.45) is 11.8 Å². The fraction of sp³-hybridized carbons (Fsp3) is 0.400. The van der Waals surface area contributed by atoms with Crippen LogP contribution in [-0.4, -0.2) is 0 Å². The van der Waals surface area contributed by atoms with Gasteiger partial charge in [0.25, 0.3) is 0 Å². The second-order valence-corrected chi connectivity index (χ2v) is 5.25. The van der Waals surface area contributed by atoms with Crippen LogP contribution in [0.4, 0.5) is 0 Å². The highest BCUT2D eigenvalue weighted by Crippen LogP contribution is 2.42. The molecule has 1 unspecified atom stereocenters. The zero-order valence-electron chi connectivity index (χ0n) is 7.63. The minimum absolute atomic E-state index is 0.264. The Hall–Kier alpha value is 0.160. The van der Waals surface area contributed by atoms with Crippen LogP contribution in [0.25, 0.3) is 0 Å². The van der Waals surface area contributed by atoms with E-state index in [-0.39, 0.29) is 6.04 Å². The van der Waals surface area contributed by atoms with Gasteiger partial charge in [0.2, 0.25) is 0 Å². The van der Waals surface area contributed by atoms with Crippen molar-refractivity contribution in [1.82, 2.24) is 5.43 Å². The summed E-state index contributed by atoms with van der Waals surface area (Å²) < 4.78 is 1.22. The predicted molar refractivity (Wildman–Crippen MR) is 67.0 cm³/mol. The fourth-order valence-electron chi connectivity index (χ4n) is 1.66. The van der Waals surface area contributed by atoms with Crippen LogP contribution in [0.3, 0.4) is 0 Å². The van der Waals surface area contributed by atoms with Crippen molar-refractivity contribution in [3.63, 3.8) is 0 Å². The molecule has 76 valence electrons. The molecule has 0 bridgehead atoms. The molecule has 0 saturated heterocycles. The molecular formula is C10H12ClIN2. The highest BCUT2D eigenvalue weighted by atomic mass is 127. The molecule has 1 aliphatic carbocycles. The molecule has 3 N–H and O–H groups in total. The van der Waals surface area contributed by atoms with E-state index in [0.29, 0.717) is 5.92 Å². The van der Waals surface area contributed by atoms with Crippen molar-refractivity contribution in [3.8, 4) is 0 Å². The van der Waals surface area contributed by atoms with E-state index in [2.05, 4.69) is 28.0 Å². The second kappa shape index (κ2) is 4.35.